The quantitative estimate of drug-likeness (QED) is 0.803. The summed E-state index contributed by atoms with van der Waals surface area (Å²) in [6.45, 7) is 8.12. The first-order chi connectivity index (χ1) is 11.7. The zero-order valence-corrected chi connectivity index (χ0v) is 15.1. The molecule has 1 aliphatic heterocycles. The first-order valence-corrected chi connectivity index (χ1v) is 9.51. The molecule has 0 atom stereocenters. The number of aromatic nitrogens is 2. The van der Waals surface area contributed by atoms with Gasteiger partial charge in [-0.3, -0.25) is 9.69 Å². The summed E-state index contributed by atoms with van der Waals surface area (Å²) >= 11 is 1.62. The lowest BCUT2D eigenvalue weighted by atomic mass is 9.95. The predicted molar refractivity (Wildman–Crippen MR) is 93.5 cm³/mol. The van der Waals surface area contributed by atoms with Gasteiger partial charge in [-0.25, -0.2) is 0 Å². The summed E-state index contributed by atoms with van der Waals surface area (Å²) in [6.07, 6.45) is 1.81. The lowest BCUT2D eigenvalue weighted by Crippen LogP contribution is -2.42. The van der Waals surface area contributed by atoms with Crippen molar-refractivity contribution in [3.05, 3.63) is 22.7 Å². The highest BCUT2D eigenvalue weighted by atomic mass is 32.1. The van der Waals surface area contributed by atoms with Gasteiger partial charge in [0.05, 0.1) is 6.54 Å². The molecule has 0 aliphatic carbocycles. The van der Waals surface area contributed by atoms with Gasteiger partial charge in [-0.05, 0) is 51.2 Å². The summed E-state index contributed by atoms with van der Waals surface area (Å²) in [7, 11) is 0. The Morgan fingerprint density at radius 2 is 2.12 bits per heavy atom. The molecule has 0 aromatic carbocycles. The van der Waals surface area contributed by atoms with Crippen LogP contribution in [0.15, 0.2) is 21.3 Å². The van der Waals surface area contributed by atoms with E-state index in [4.69, 9.17) is 4.52 Å². The summed E-state index contributed by atoms with van der Waals surface area (Å²) in [4.78, 5) is 21.1. The Morgan fingerprint density at radius 1 is 1.38 bits per heavy atom. The lowest BCUT2D eigenvalue weighted by Gasteiger charge is -2.32. The number of hydrogen-bond donors (Lipinski definition) is 0. The van der Waals surface area contributed by atoms with Crippen LogP contribution in [0.4, 0.5) is 0 Å². The third kappa shape index (κ3) is 3.84. The second kappa shape index (κ2) is 7.90. The van der Waals surface area contributed by atoms with Crippen molar-refractivity contribution in [3.63, 3.8) is 0 Å². The van der Waals surface area contributed by atoms with Crippen LogP contribution in [0.1, 0.15) is 32.6 Å². The number of amides is 1. The van der Waals surface area contributed by atoms with Gasteiger partial charge in [0.1, 0.15) is 0 Å². The SMILES string of the molecule is CCN(CC)C(=O)C1CCN(Cc2nc(-c3ccsc3)no2)CC1. The van der Waals surface area contributed by atoms with E-state index in [1.165, 1.54) is 0 Å². The minimum atomic E-state index is 0.158. The van der Waals surface area contributed by atoms with Gasteiger partial charge in [-0.1, -0.05) is 5.16 Å². The van der Waals surface area contributed by atoms with Crippen molar-refractivity contribution >= 4 is 17.2 Å². The zero-order chi connectivity index (χ0) is 16.9. The van der Waals surface area contributed by atoms with Crippen LogP contribution in [0.25, 0.3) is 11.4 Å². The Bertz CT molecular complexity index is 643. The number of rotatable bonds is 6. The van der Waals surface area contributed by atoms with E-state index in [0.717, 1.165) is 44.6 Å². The van der Waals surface area contributed by atoms with Gasteiger partial charge in [-0.15, -0.1) is 0 Å². The minimum absolute atomic E-state index is 0.158. The maximum atomic E-state index is 12.4. The van der Waals surface area contributed by atoms with Crippen molar-refractivity contribution in [2.75, 3.05) is 26.2 Å². The van der Waals surface area contributed by atoms with Crippen molar-refractivity contribution in [2.24, 2.45) is 5.92 Å². The molecule has 0 bridgehead atoms. The van der Waals surface area contributed by atoms with E-state index in [1.54, 1.807) is 11.3 Å². The van der Waals surface area contributed by atoms with E-state index in [-0.39, 0.29) is 5.92 Å². The molecule has 2 aromatic rings. The topological polar surface area (TPSA) is 62.5 Å². The van der Waals surface area contributed by atoms with E-state index in [2.05, 4.69) is 15.0 Å². The molecule has 1 fully saturated rings. The van der Waals surface area contributed by atoms with Crippen molar-refractivity contribution in [1.82, 2.24) is 19.9 Å². The molecule has 1 saturated heterocycles. The van der Waals surface area contributed by atoms with E-state index in [9.17, 15) is 4.79 Å². The third-order valence-electron chi connectivity index (χ3n) is 4.62. The van der Waals surface area contributed by atoms with Crippen LogP contribution in [-0.4, -0.2) is 52.0 Å². The third-order valence-corrected chi connectivity index (χ3v) is 5.30. The Balaban J connectivity index is 1.51. The molecule has 0 unspecified atom stereocenters. The first kappa shape index (κ1) is 17.1. The summed E-state index contributed by atoms with van der Waals surface area (Å²) in [5.41, 5.74) is 0.999. The van der Waals surface area contributed by atoms with Gasteiger partial charge in [0.25, 0.3) is 0 Å². The second-order valence-electron chi connectivity index (χ2n) is 6.08. The molecule has 2 aromatic heterocycles. The molecule has 0 radical (unpaired) electrons. The van der Waals surface area contributed by atoms with Gasteiger partial charge in [0, 0.05) is 30.0 Å². The highest BCUT2D eigenvalue weighted by Crippen LogP contribution is 2.22. The fourth-order valence-corrected chi connectivity index (χ4v) is 3.79. The number of carbonyl (C=O) groups is 1. The molecular formula is C17H24N4O2S. The predicted octanol–water partition coefficient (Wildman–Crippen LogP) is 2.88. The number of nitrogens with zero attached hydrogens (tertiary/aromatic N) is 4. The summed E-state index contributed by atoms with van der Waals surface area (Å²) in [5.74, 6) is 1.75. The molecule has 7 heteroatoms. The maximum absolute atomic E-state index is 12.4. The highest BCUT2D eigenvalue weighted by molar-refractivity contribution is 7.08. The molecule has 3 rings (SSSR count). The van der Waals surface area contributed by atoms with E-state index in [0.29, 0.717) is 24.2 Å². The molecule has 1 amide bonds. The van der Waals surface area contributed by atoms with Crippen LogP contribution < -0.4 is 0 Å². The lowest BCUT2D eigenvalue weighted by molar-refractivity contribution is -0.136. The number of carbonyl (C=O) groups excluding carboxylic acids is 1. The summed E-state index contributed by atoms with van der Waals surface area (Å²) in [6, 6.07) is 1.99. The van der Waals surface area contributed by atoms with Gasteiger partial charge in [0.15, 0.2) is 0 Å². The van der Waals surface area contributed by atoms with Gasteiger partial charge in [-0.2, -0.15) is 16.3 Å². The minimum Gasteiger partial charge on any atom is -0.343 e. The van der Waals surface area contributed by atoms with E-state index < -0.39 is 0 Å². The fraction of sp³-hybridized carbons (Fsp3) is 0.588. The van der Waals surface area contributed by atoms with Crippen LogP contribution in [0.3, 0.4) is 0 Å². The maximum Gasteiger partial charge on any atom is 0.241 e. The molecular weight excluding hydrogens is 324 g/mol. The van der Waals surface area contributed by atoms with Crippen molar-refractivity contribution in [1.29, 1.82) is 0 Å². The molecule has 6 nitrogen and oxygen atoms in total. The number of thiophene rings is 1. The van der Waals surface area contributed by atoms with Crippen LogP contribution >= 0.6 is 11.3 Å². The Morgan fingerprint density at radius 3 is 2.75 bits per heavy atom. The molecule has 3 heterocycles. The van der Waals surface area contributed by atoms with Crippen LogP contribution in [0.2, 0.25) is 0 Å². The molecule has 24 heavy (non-hydrogen) atoms. The largest absolute Gasteiger partial charge is 0.343 e. The summed E-state index contributed by atoms with van der Waals surface area (Å²) < 4.78 is 5.37. The van der Waals surface area contributed by atoms with E-state index >= 15 is 0 Å². The number of hydrogen-bond acceptors (Lipinski definition) is 6. The number of piperidine rings is 1. The van der Waals surface area contributed by atoms with Gasteiger partial charge < -0.3 is 9.42 Å². The van der Waals surface area contributed by atoms with Gasteiger partial charge in [0.2, 0.25) is 17.6 Å². The van der Waals surface area contributed by atoms with Crippen molar-refractivity contribution in [3.8, 4) is 11.4 Å². The van der Waals surface area contributed by atoms with Crippen molar-refractivity contribution < 1.29 is 9.32 Å². The number of likely N-dealkylation sites (tertiary alicyclic amines) is 1. The van der Waals surface area contributed by atoms with Crippen LogP contribution in [0.5, 0.6) is 0 Å². The van der Waals surface area contributed by atoms with Crippen LogP contribution in [-0.2, 0) is 11.3 Å². The smallest absolute Gasteiger partial charge is 0.241 e. The Kier molecular flexibility index (Phi) is 5.63. The Hall–Kier alpha value is -1.73. The van der Waals surface area contributed by atoms with E-state index in [1.807, 2.05) is 35.6 Å². The van der Waals surface area contributed by atoms with Crippen molar-refractivity contribution in [2.45, 2.75) is 33.2 Å². The van der Waals surface area contributed by atoms with Gasteiger partial charge >= 0.3 is 0 Å². The zero-order valence-electron chi connectivity index (χ0n) is 14.3. The molecule has 0 spiro atoms. The first-order valence-electron chi connectivity index (χ1n) is 8.57. The average Bonchev–Trinajstić information content (AvgIpc) is 3.28. The second-order valence-corrected chi connectivity index (χ2v) is 6.86. The monoisotopic (exact) mass is 348 g/mol. The summed E-state index contributed by atoms with van der Waals surface area (Å²) in [5, 5.41) is 8.06. The molecule has 1 aliphatic rings. The highest BCUT2D eigenvalue weighted by Gasteiger charge is 2.28. The van der Waals surface area contributed by atoms with Crippen LogP contribution in [0, 0.1) is 5.92 Å². The fourth-order valence-electron chi connectivity index (χ4n) is 3.15. The standard InChI is InChI=1S/C17H24N4O2S/c1-3-21(4-2)17(22)13-5-8-20(9-6-13)11-15-18-16(19-23-15)14-7-10-24-12-14/h7,10,12-13H,3-6,8-9,11H2,1-2H3. The normalized spacial score (nSPS) is 16.4. The molecule has 0 N–H and O–H groups in total. The molecule has 0 saturated carbocycles. The average molecular weight is 348 g/mol. The Labute approximate surface area is 146 Å². The molecule has 130 valence electrons.